The number of thiazole rings is 1. The number of aromatic nitrogens is 1. The Morgan fingerprint density at radius 2 is 1.67 bits per heavy atom. The van der Waals surface area contributed by atoms with Crippen LogP contribution >= 0.6 is 34.5 Å². The molecule has 1 saturated heterocycles. The predicted molar refractivity (Wildman–Crippen MR) is 119 cm³/mol. The van der Waals surface area contributed by atoms with Gasteiger partial charge in [0.2, 0.25) is 10.0 Å². The molecule has 6 nitrogen and oxygen atoms in total. The third-order valence-electron chi connectivity index (χ3n) is 4.77. The van der Waals surface area contributed by atoms with Crippen LogP contribution in [0, 0.1) is 0 Å². The Kier molecular flexibility index (Phi) is 6.13. The Balaban J connectivity index is 1.43. The molecule has 10 heteroatoms. The first-order chi connectivity index (χ1) is 14.3. The molecule has 156 valence electrons. The monoisotopic (exact) mass is 481 g/mol. The highest BCUT2D eigenvalue weighted by molar-refractivity contribution is 7.89. The lowest BCUT2D eigenvalue weighted by Crippen LogP contribution is -2.50. The minimum Gasteiger partial charge on any atom is -0.335 e. The number of nitrogens with zero attached hydrogens (tertiary/aromatic N) is 3. The van der Waals surface area contributed by atoms with E-state index in [2.05, 4.69) is 4.98 Å². The molecule has 1 aliphatic heterocycles. The Bertz CT molecular complexity index is 1170. The van der Waals surface area contributed by atoms with Crippen LogP contribution in [0.2, 0.25) is 10.0 Å². The number of piperazine rings is 1. The van der Waals surface area contributed by atoms with Crippen LogP contribution in [0.1, 0.15) is 10.5 Å². The van der Waals surface area contributed by atoms with Gasteiger partial charge in [0.1, 0.15) is 10.7 Å². The van der Waals surface area contributed by atoms with Gasteiger partial charge in [0.25, 0.3) is 5.91 Å². The maximum Gasteiger partial charge on any atom is 0.273 e. The van der Waals surface area contributed by atoms with Gasteiger partial charge in [-0.05, 0) is 30.3 Å². The highest BCUT2D eigenvalue weighted by Gasteiger charge is 2.31. The minimum absolute atomic E-state index is 0.155. The van der Waals surface area contributed by atoms with Crippen molar-refractivity contribution in [3.05, 3.63) is 69.7 Å². The van der Waals surface area contributed by atoms with Crippen LogP contribution in [0.3, 0.4) is 0 Å². The van der Waals surface area contributed by atoms with Gasteiger partial charge in [-0.2, -0.15) is 4.31 Å². The van der Waals surface area contributed by atoms with E-state index in [0.717, 1.165) is 10.6 Å². The highest BCUT2D eigenvalue weighted by atomic mass is 35.5. The molecule has 0 aliphatic carbocycles. The zero-order valence-corrected chi connectivity index (χ0v) is 18.8. The van der Waals surface area contributed by atoms with Crippen LogP contribution in [0.4, 0.5) is 0 Å². The van der Waals surface area contributed by atoms with Crippen molar-refractivity contribution >= 4 is 50.5 Å². The van der Waals surface area contributed by atoms with E-state index in [1.165, 1.54) is 27.8 Å². The Hall–Kier alpha value is -1.97. The van der Waals surface area contributed by atoms with Crippen LogP contribution in [-0.4, -0.2) is 54.7 Å². The number of hydrogen-bond acceptors (Lipinski definition) is 5. The first-order valence-electron chi connectivity index (χ1n) is 9.11. The van der Waals surface area contributed by atoms with Gasteiger partial charge in [0, 0.05) is 47.2 Å². The van der Waals surface area contributed by atoms with Crippen molar-refractivity contribution in [3.8, 4) is 10.6 Å². The summed E-state index contributed by atoms with van der Waals surface area (Å²) in [7, 11) is -3.65. The maximum absolute atomic E-state index is 12.8. The van der Waals surface area contributed by atoms with Gasteiger partial charge in [0.05, 0.1) is 4.90 Å². The lowest BCUT2D eigenvalue weighted by molar-refractivity contribution is 0.0693. The van der Waals surface area contributed by atoms with E-state index >= 15 is 0 Å². The SMILES string of the molecule is O=C(c1csc(-c2ccc(Cl)cc2)n1)N1CCN(S(=O)(=O)c2cccc(Cl)c2)CC1. The van der Waals surface area contributed by atoms with Gasteiger partial charge in [-0.15, -0.1) is 11.3 Å². The summed E-state index contributed by atoms with van der Waals surface area (Å²) in [5.41, 5.74) is 1.25. The van der Waals surface area contributed by atoms with Crippen molar-refractivity contribution in [2.75, 3.05) is 26.2 Å². The molecule has 0 unspecified atom stereocenters. The molecule has 1 fully saturated rings. The molecule has 4 rings (SSSR count). The third-order valence-corrected chi connectivity index (χ3v) is 8.05. The van der Waals surface area contributed by atoms with Crippen molar-refractivity contribution in [1.82, 2.24) is 14.2 Å². The number of carbonyl (C=O) groups excluding carboxylic acids is 1. The molecule has 30 heavy (non-hydrogen) atoms. The average Bonchev–Trinajstić information content (AvgIpc) is 3.24. The number of benzene rings is 2. The summed E-state index contributed by atoms with van der Waals surface area (Å²) in [6.07, 6.45) is 0. The molecule has 0 bridgehead atoms. The number of halogens is 2. The quantitative estimate of drug-likeness (QED) is 0.557. The Morgan fingerprint density at radius 3 is 2.33 bits per heavy atom. The number of carbonyl (C=O) groups is 1. The Morgan fingerprint density at radius 1 is 0.967 bits per heavy atom. The summed E-state index contributed by atoms with van der Waals surface area (Å²) in [5.74, 6) is -0.203. The molecule has 1 aliphatic rings. The molecule has 0 atom stereocenters. The normalized spacial score (nSPS) is 15.3. The molecular weight excluding hydrogens is 465 g/mol. The summed E-state index contributed by atoms with van der Waals surface area (Å²) in [6.45, 7) is 1.03. The number of amides is 1. The van der Waals surface area contributed by atoms with Crippen molar-refractivity contribution in [3.63, 3.8) is 0 Å². The molecule has 0 radical (unpaired) electrons. The second-order valence-electron chi connectivity index (χ2n) is 6.70. The van der Waals surface area contributed by atoms with Gasteiger partial charge >= 0.3 is 0 Å². The first-order valence-corrected chi connectivity index (χ1v) is 12.2. The number of hydrogen-bond donors (Lipinski definition) is 0. The first kappa shape index (κ1) is 21.3. The van der Waals surface area contributed by atoms with Gasteiger partial charge < -0.3 is 4.90 Å². The van der Waals surface area contributed by atoms with Crippen molar-refractivity contribution in [2.45, 2.75) is 4.90 Å². The smallest absolute Gasteiger partial charge is 0.273 e. The summed E-state index contributed by atoms with van der Waals surface area (Å²) < 4.78 is 27.0. The second kappa shape index (κ2) is 8.64. The van der Waals surface area contributed by atoms with Crippen LogP contribution in [0.25, 0.3) is 10.6 Å². The van der Waals surface area contributed by atoms with E-state index in [9.17, 15) is 13.2 Å². The summed E-state index contributed by atoms with van der Waals surface area (Å²) in [6, 6.07) is 13.5. The number of sulfonamides is 1. The fourth-order valence-electron chi connectivity index (χ4n) is 3.17. The molecule has 0 N–H and O–H groups in total. The van der Waals surface area contributed by atoms with E-state index in [1.54, 1.807) is 34.5 Å². The largest absolute Gasteiger partial charge is 0.335 e. The van der Waals surface area contributed by atoms with Crippen LogP contribution in [0.5, 0.6) is 0 Å². The lowest BCUT2D eigenvalue weighted by atomic mass is 10.2. The van der Waals surface area contributed by atoms with E-state index < -0.39 is 10.0 Å². The van der Waals surface area contributed by atoms with E-state index in [-0.39, 0.29) is 23.9 Å². The fourth-order valence-corrected chi connectivity index (χ4v) is 5.82. The highest BCUT2D eigenvalue weighted by Crippen LogP contribution is 2.26. The summed E-state index contributed by atoms with van der Waals surface area (Å²) in [5, 5.41) is 3.46. The van der Waals surface area contributed by atoms with Crippen molar-refractivity contribution < 1.29 is 13.2 Å². The van der Waals surface area contributed by atoms with E-state index in [0.29, 0.717) is 28.8 Å². The van der Waals surface area contributed by atoms with Crippen molar-refractivity contribution in [1.29, 1.82) is 0 Å². The topological polar surface area (TPSA) is 70.6 Å². The molecule has 0 saturated carbocycles. The van der Waals surface area contributed by atoms with Gasteiger partial charge in [-0.25, -0.2) is 13.4 Å². The van der Waals surface area contributed by atoms with Gasteiger partial charge in [-0.3, -0.25) is 4.79 Å². The standard InChI is InChI=1S/C20H17Cl2N3O3S2/c21-15-6-4-14(5-7-15)19-23-18(13-29-19)20(26)24-8-10-25(11-9-24)30(27,28)17-3-1-2-16(22)12-17/h1-7,12-13H,8-11H2. The molecule has 1 aromatic heterocycles. The minimum atomic E-state index is -3.65. The Labute approximate surface area is 188 Å². The van der Waals surface area contributed by atoms with Crippen LogP contribution in [-0.2, 0) is 10.0 Å². The lowest BCUT2D eigenvalue weighted by Gasteiger charge is -2.33. The number of rotatable bonds is 4. The summed E-state index contributed by atoms with van der Waals surface area (Å²) in [4.78, 5) is 19.1. The zero-order chi connectivity index (χ0) is 21.3. The van der Waals surface area contributed by atoms with Crippen LogP contribution < -0.4 is 0 Å². The molecule has 1 amide bonds. The molecule has 3 aromatic rings. The zero-order valence-electron chi connectivity index (χ0n) is 15.7. The fraction of sp³-hybridized carbons (Fsp3) is 0.200. The molecule has 2 heterocycles. The molecule has 0 spiro atoms. The van der Waals surface area contributed by atoms with Gasteiger partial charge in [-0.1, -0.05) is 41.4 Å². The van der Waals surface area contributed by atoms with Crippen molar-refractivity contribution in [2.24, 2.45) is 0 Å². The van der Waals surface area contributed by atoms with E-state index in [4.69, 9.17) is 23.2 Å². The van der Waals surface area contributed by atoms with E-state index in [1.807, 2.05) is 12.1 Å². The maximum atomic E-state index is 12.8. The molecular formula is C20H17Cl2N3O3S2. The predicted octanol–water partition coefficient (Wildman–Crippen LogP) is 4.26. The third kappa shape index (κ3) is 4.38. The van der Waals surface area contributed by atoms with Crippen LogP contribution in [0.15, 0.2) is 58.8 Å². The summed E-state index contributed by atoms with van der Waals surface area (Å²) >= 11 is 13.2. The van der Waals surface area contributed by atoms with Gasteiger partial charge in [0.15, 0.2) is 0 Å². The average molecular weight is 482 g/mol. The second-order valence-corrected chi connectivity index (χ2v) is 10.4. The molecule has 2 aromatic carbocycles.